The molecule has 1 N–H and O–H groups in total. The molecule has 0 heterocycles. The van der Waals surface area contributed by atoms with Crippen molar-refractivity contribution in [2.75, 3.05) is 11.9 Å². The summed E-state index contributed by atoms with van der Waals surface area (Å²) in [4.78, 5) is 23.1. The zero-order chi connectivity index (χ0) is 15.6. The Kier molecular flexibility index (Phi) is 3.89. The van der Waals surface area contributed by atoms with E-state index in [0.29, 0.717) is 11.3 Å². The molecule has 0 bridgehead atoms. The zero-order valence-corrected chi connectivity index (χ0v) is 11.6. The van der Waals surface area contributed by atoms with Crippen molar-refractivity contribution in [3.8, 4) is 0 Å². The molecule has 2 rings (SSSR count). The van der Waals surface area contributed by atoms with Gasteiger partial charge in [0.15, 0.2) is 0 Å². The van der Waals surface area contributed by atoms with Gasteiger partial charge in [0.1, 0.15) is 0 Å². The molecule has 0 aliphatic carbocycles. The van der Waals surface area contributed by atoms with E-state index < -0.39 is 10.9 Å². The number of aromatic carboxylic acids is 1. The van der Waals surface area contributed by atoms with Crippen LogP contribution in [0.25, 0.3) is 0 Å². The first-order chi connectivity index (χ1) is 9.90. The number of aryl methyl sites for hydroxylation is 1. The Hall–Kier alpha value is -2.89. The molecule has 0 spiro atoms. The van der Waals surface area contributed by atoms with Crippen LogP contribution in [0.4, 0.5) is 17.1 Å². The summed E-state index contributed by atoms with van der Waals surface area (Å²) in [5, 5.41) is 19.8. The lowest BCUT2D eigenvalue weighted by atomic mass is 10.1. The number of carbonyl (C=O) groups is 1. The summed E-state index contributed by atoms with van der Waals surface area (Å²) in [6.07, 6.45) is 0. The topological polar surface area (TPSA) is 83.7 Å². The highest BCUT2D eigenvalue weighted by Crippen LogP contribution is 2.29. The summed E-state index contributed by atoms with van der Waals surface area (Å²) in [6.45, 7) is 1.68. The van der Waals surface area contributed by atoms with E-state index in [1.807, 2.05) is 0 Å². The number of carboxylic acids is 1. The van der Waals surface area contributed by atoms with Gasteiger partial charge in [-0.15, -0.1) is 0 Å². The zero-order valence-electron chi connectivity index (χ0n) is 11.6. The van der Waals surface area contributed by atoms with Crippen molar-refractivity contribution in [1.29, 1.82) is 0 Å². The smallest absolute Gasteiger partial charge is 0.335 e. The fourth-order valence-corrected chi connectivity index (χ4v) is 1.98. The summed E-state index contributed by atoms with van der Waals surface area (Å²) in [5.74, 6) is -0.991. The molecule has 6 heteroatoms. The monoisotopic (exact) mass is 286 g/mol. The molecule has 0 amide bonds. The Balaban J connectivity index is 2.35. The highest BCUT2D eigenvalue weighted by Gasteiger charge is 2.14. The number of nitro groups is 1. The molecule has 0 fully saturated rings. The molecule has 0 aromatic heterocycles. The molecular weight excluding hydrogens is 272 g/mol. The third-order valence-corrected chi connectivity index (χ3v) is 3.28. The normalized spacial score (nSPS) is 10.2. The molecule has 2 aromatic rings. The van der Waals surface area contributed by atoms with Gasteiger partial charge in [-0.1, -0.05) is 6.07 Å². The number of nitro benzene ring substituents is 1. The Morgan fingerprint density at radius 1 is 1.14 bits per heavy atom. The summed E-state index contributed by atoms with van der Waals surface area (Å²) in [6, 6.07) is 11.3. The van der Waals surface area contributed by atoms with Crippen molar-refractivity contribution in [2.45, 2.75) is 6.92 Å². The number of anilines is 2. The minimum atomic E-state index is -0.991. The predicted molar refractivity (Wildman–Crippen MR) is 79.3 cm³/mol. The van der Waals surface area contributed by atoms with Crippen LogP contribution < -0.4 is 4.90 Å². The van der Waals surface area contributed by atoms with Crippen LogP contribution in [0.5, 0.6) is 0 Å². The highest BCUT2D eigenvalue weighted by molar-refractivity contribution is 5.88. The minimum absolute atomic E-state index is 0.0570. The van der Waals surface area contributed by atoms with Gasteiger partial charge >= 0.3 is 5.97 Å². The van der Waals surface area contributed by atoms with E-state index in [-0.39, 0.29) is 11.3 Å². The second kappa shape index (κ2) is 5.62. The van der Waals surface area contributed by atoms with Crippen molar-refractivity contribution in [3.63, 3.8) is 0 Å². The molecular formula is C15H14N2O4. The van der Waals surface area contributed by atoms with Crippen LogP contribution in [0.2, 0.25) is 0 Å². The lowest BCUT2D eigenvalue weighted by Crippen LogP contribution is -2.10. The lowest BCUT2D eigenvalue weighted by molar-refractivity contribution is -0.385. The SMILES string of the molecule is Cc1ccc(N(C)c2ccc(C(=O)O)cc2)cc1[N+](=O)[O-]. The Morgan fingerprint density at radius 2 is 1.71 bits per heavy atom. The van der Waals surface area contributed by atoms with E-state index in [0.717, 1.165) is 5.69 Å². The van der Waals surface area contributed by atoms with E-state index in [9.17, 15) is 14.9 Å². The van der Waals surface area contributed by atoms with Crippen molar-refractivity contribution in [1.82, 2.24) is 0 Å². The van der Waals surface area contributed by atoms with Crippen LogP contribution in [-0.4, -0.2) is 23.0 Å². The van der Waals surface area contributed by atoms with Crippen LogP contribution >= 0.6 is 0 Å². The second-order valence-corrected chi connectivity index (χ2v) is 4.64. The first kappa shape index (κ1) is 14.5. The maximum Gasteiger partial charge on any atom is 0.335 e. The molecule has 0 aliphatic rings. The van der Waals surface area contributed by atoms with Crippen LogP contribution in [-0.2, 0) is 0 Å². The van der Waals surface area contributed by atoms with Crippen molar-refractivity contribution < 1.29 is 14.8 Å². The molecule has 0 saturated heterocycles. The Morgan fingerprint density at radius 3 is 2.24 bits per heavy atom. The predicted octanol–water partition coefficient (Wildman–Crippen LogP) is 3.37. The minimum Gasteiger partial charge on any atom is -0.478 e. The van der Waals surface area contributed by atoms with E-state index in [4.69, 9.17) is 5.11 Å². The van der Waals surface area contributed by atoms with E-state index >= 15 is 0 Å². The summed E-state index contributed by atoms with van der Waals surface area (Å²) in [7, 11) is 1.77. The van der Waals surface area contributed by atoms with Crippen LogP contribution in [0, 0.1) is 17.0 Å². The van der Waals surface area contributed by atoms with Gasteiger partial charge in [-0.3, -0.25) is 10.1 Å². The lowest BCUT2D eigenvalue weighted by Gasteiger charge is -2.19. The molecule has 0 atom stereocenters. The Bertz CT molecular complexity index is 695. The quantitative estimate of drug-likeness (QED) is 0.688. The van der Waals surface area contributed by atoms with Crippen LogP contribution in [0.1, 0.15) is 15.9 Å². The molecule has 0 radical (unpaired) electrons. The maximum absolute atomic E-state index is 11.0. The third-order valence-electron chi connectivity index (χ3n) is 3.28. The maximum atomic E-state index is 11.0. The number of nitrogens with zero attached hydrogens (tertiary/aromatic N) is 2. The number of hydrogen-bond donors (Lipinski definition) is 1. The fraction of sp³-hybridized carbons (Fsp3) is 0.133. The number of benzene rings is 2. The van der Waals surface area contributed by atoms with Crippen LogP contribution in [0.3, 0.4) is 0 Å². The second-order valence-electron chi connectivity index (χ2n) is 4.64. The van der Waals surface area contributed by atoms with Crippen molar-refractivity contribution in [2.24, 2.45) is 0 Å². The van der Waals surface area contributed by atoms with Gasteiger partial charge in [0.25, 0.3) is 5.69 Å². The summed E-state index contributed by atoms with van der Waals surface area (Å²) < 4.78 is 0. The molecule has 0 aliphatic heterocycles. The average molecular weight is 286 g/mol. The highest BCUT2D eigenvalue weighted by atomic mass is 16.6. The molecule has 21 heavy (non-hydrogen) atoms. The summed E-state index contributed by atoms with van der Waals surface area (Å²) in [5.41, 5.74) is 2.26. The van der Waals surface area contributed by atoms with Gasteiger partial charge < -0.3 is 10.0 Å². The number of rotatable bonds is 4. The van der Waals surface area contributed by atoms with Crippen LogP contribution in [0.15, 0.2) is 42.5 Å². The van der Waals surface area contributed by atoms with E-state index in [1.54, 1.807) is 43.1 Å². The van der Waals surface area contributed by atoms with Crippen molar-refractivity contribution in [3.05, 3.63) is 63.7 Å². The first-order valence-corrected chi connectivity index (χ1v) is 6.22. The van der Waals surface area contributed by atoms with E-state index in [1.165, 1.54) is 18.2 Å². The van der Waals surface area contributed by atoms with Gasteiger partial charge in [-0.25, -0.2) is 4.79 Å². The molecule has 0 unspecified atom stereocenters. The van der Waals surface area contributed by atoms with E-state index in [2.05, 4.69) is 0 Å². The van der Waals surface area contributed by atoms with Gasteiger partial charge in [0, 0.05) is 30.1 Å². The summed E-state index contributed by atoms with van der Waals surface area (Å²) >= 11 is 0. The number of hydrogen-bond acceptors (Lipinski definition) is 4. The standard InChI is InChI=1S/C15H14N2O4/c1-10-3-6-13(9-14(10)17(20)21)16(2)12-7-4-11(5-8-12)15(18)19/h3-9H,1-2H3,(H,18,19). The van der Waals surface area contributed by atoms with Gasteiger partial charge in [0.05, 0.1) is 10.5 Å². The average Bonchev–Trinajstić information content (AvgIpc) is 2.46. The largest absolute Gasteiger partial charge is 0.478 e. The van der Waals surface area contributed by atoms with Gasteiger partial charge in [-0.2, -0.15) is 0 Å². The third kappa shape index (κ3) is 3.00. The molecule has 108 valence electrons. The van der Waals surface area contributed by atoms with Crippen molar-refractivity contribution >= 4 is 23.0 Å². The van der Waals surface area contributed by atoms with Gasteiger partial charge in [0.2, 0.25) is 0 Å². The molecule has 2 aromatic carbocycles. The fourth-order valence-electron chi connectivity index (χ4n) is 1.98. The molecule has 0 saturated carbocycles. The van der Waals surface area contributed by atoms with Gasteiger partial charge in [-0.05, 0) is 37.3 Å². The Labute approximate surface area is 121 Å². The first-order valence-electron chi connectivity index (χ1n) is 6.22. The molecule has 6 nitrogen and oxygen atoms in total. The number of carboxylic acid groups (broad SMARTS) is 1.